The highest BCUT2D eigenvalue weighted by Crippen LogP contribution is 2.06. The average molecular weight is 325 g/mol. The van der Waals surface area contributed by atoms with Crippen LogP contribution in [0.3, 0.4) is 0 Å². The van der Waals surface area contributed by atoms with Crippen LogP contribution in [0, 0.1) is 0 Å². The summed E-state index contributed by atoms with van der Waals surface area (Å²) in [4.78, 5) is 11.0. The molecule has 0 radical (unpaired) electrons. The van der Waals surface area contributed by atoms with Gasteiger partial charge in [-0.2, -0.15) is 11.3 Å². The maximum Gasteiger partial charge on any atom is 0.319 e. The molecule has 1 rings (SSSR count). The van der Waals surface area contributed by atoms with Crippen molar-refractivity contribution in [3.8, 4) is 0 Å². The molecule has 0 aliphatic heterocycles. The molecule has 0 fully saturated rings. The minimum absolute atomic E-state index is 0.115. The lowest BCUT2D eigenvalue weighted by molar-refractivity contribution is -0.139. The molecule has 1 heterocycles. The monoisotopic (exact) mass is 325 g/mol. The van der Waals surface area contributed by atoms with Gasteiger partial charge in [0.2, 0.25) is 0 Å². The smallest absolute Gasteiger partial charge is 0.319 e. The molecule has 1 atom stereocenters. The quantitative estimate of drug-likeness (QED) is 0.510. The second-order valence-electron chi connectivity index (χ2n) is 2.75. The van der Waals surface area contributed by atoms with Gasteiger partial charge < -0.3 is 10.1 Å². The van der Waals surface area contributed by atoms with Gasteiger partial charge in [-0.05, 0) is 22.4 Å². The molecule has 5 heteroatoms. The summed E-state index contributed by atoms with van der Waals surface area (Å²) in [6, 6.07) is 2.07. The van der Waals surface area contributed by atoms with Crippen molar-refractivity contribution < 1.29 is 9.53 Å². The fraction of sp³-hybridized carbons (Fsp3) is 0.444. The van der Waals surface area contributed by atoms with E-state index in [1.165, 1.54) is 12.7 Å². The number of carbonyl (C=O) groups excluding carboxylic acids is 1. The van der Waals surface area contributed by atoms with Gasteiger partial charge in [0.1, 0.15) is 3.92 Å². The van der Waals surface area contributed by atoms with Crippen LogP contribution in [0.5, 0.6) is 0 Å². The third kappa shape index (κ3) is 3.93. The van der Waals surface area contributed by atoms with Gasteiger partial charge in [0.05, 0.1) is 7.11 Å². The number of hydrogen-bond donors (Lipinski definition) is 1. The van der Waals surface area contributed by atoms with Crippen LogP contribution in [0.1, 0.15) is 5.56 Å². The Hall–Kier alpha value is -0.140. The SMILES string of the molecule is COC(=O)C(I)CNCc1ccsc1. The van der Waals surface area contributed by atoms with Crippen LogP contribution in [0.2, 0.25) is 0 Å². The Kier molecular flexibility index (Phi) is 5.42. The van der Waals surface area contributed by atoms with Crippen molar-refractivity contribution in [2.45, 2.75) is 10.5 Å². The van der Waals surface area contributed by atoms with Crippen molar-refractivity contribution >= 4 is 39.9 Å². The molecule has 1 unspecified atom stereocenters. The van der Waals surface area contributed by atoms with Crippen LogP contribution >= 0.6 is 33.9 Å². The molecule has 0 aliphatic rings. The van der Waals surface area contributed by atoms with E-state index in [-0.39, 0.29) is 9.89 Å². The normalized spacial score (nSPS) is 12.4. The predicted octanol–water partition coefficient (Wildman–Crippen LogP) is 1.81. The topological polar surface area (TPSA) is 38.3 Å². The van der Waals surface area contributed by atoms with Gasteiger partial charge in [-0.1, -0.05) is 22.6 Å². The zero-order valence-electron chi connectivity index (χ0n) is 7.83. The Morgan fingerprint density at radius 3 is 3.14 bits per heavy atom. The summed E-state index contributed by atoms with van der Waals surface area (Å²) in [5.74, 6) is -0.177. The van der Waals surface area contributed by atoms with E-state index in [0.717, 1.165) is 6.54 Å². The lowest BCUT2D eigenvalue weighted by atomic mass is 10.3. The number of thiophene rings is 1. The Morgan fingerprint density at radius 2 is 2.57 bits per heavy atom. The minimum atomic E-state index is -0.177. The van der Waals surface area contributed by atoms with Crippen molar-refractivity contribution in [2.75, 3.05) is 13.7 Å². The standard InChI is InChI=1S/C9H12INO2S/c1-13-9(12)8(10)5-11-4-7-2-3-14-6-7/h2-3,6,8,11H,4-5H2,1H3. The first-order valence-corrected chi connectivity index (χ1v) is 6.36. The lowest BCUT2D eigenvalue weighted by Gasteiger charge is -2.08. The van der Waals surface area contributed by atoms with E-state index in [1.807, 2.05) is 5.38 Å². The Morgan fingerprint density at radius 1 is 1.79 bits per heavy atom. The highest BCUT2D eigenvalue weighted by atomic mass is 127. The molecule has 1 aromatic rings. The molecule has 0 bridgehead atoms. The number of halogens is 1. The molecular formula is C9H12INO2S. The van der Waals surface area contributed by atoms with Crippen molar-refractivity contribution in [2.24, 2.45) is 0 Å². The number of methoxy groups -OCH3 is 1. The number of alkyl halides is 1. The highest BCUT2D eigenvalue weighted by Gasteiger charge is 2.13. The third-order valence-corrected chi connectivity index (χ3v) is 3.37. The van der Waals surface area contributed by atoms with Gasteiger partial charge in [0.15, 0.2) is 0 Å². The van der Waals surface area contributed by atoms with Crippen LogP contribution in [0.4, 0.5) is 0 Å². The van der Waals surface area contributed by atoms with Crippen molar-refractivity contribution in [1.82, 2.24) is 5.32 Å². The fourth-order valence-electron chi connectivity index (χ4n) is 0.948. The summed E-state index contributed by atoms with van der Waals surface area (Å²) in [5, 5.41) is 7.33. The van der Waals surface area contributed by atoms with E-state index < -0.39 is 0 Å². The number of ether oxygens (including phenoxy) is 1. The predicted molar refractivity (Wildman–Crippen MR) is 65.8 cm³/mol. The number of esters is 1. The van der Waals surface area contributed by atoms with Crippen molar-refractivity contribution in [3.05, 3.63) is 22.4 Å². The average Bonchev–Trinajstić information content (AvgIpc) is 2.69. The summed E-state index contributed by atoms with van der Waals surface area (Å²) in [6.45, 7) is 1.45. The molecule has 3 nitrogen and oxygen atoms in total. The molecule has 0 aliphatic carbocycles. The van der Waals surface area contributed by atoms with Crippen LogP contribution in [0.25, 0.3) is 0 Å². The molecular weight excluding hydrogens is 313 g/mol. The molecule has 1 aromatic heterocycles. The number of carbonyl (C=O) groups is 1. The van der Waals surface area contributed by atoms with Gasteiger partial charge in [-0.15, -0.1) is 0 Å². The maximum atomic E-state index is 11.0. The zero-order valence-corrected chi connectivity index (χ0v) is 10.8. The highest BCUT2D eigenvalue weighted by molar-refractivity contribution is 14.1. The van der Waals surface area contributed by atoms with Gasteiger partial charge in [-0.25, -0.2) is 0 Å². The first-order valence-electron chi connectivity index (χ1n) is 4.17. The van der Waals surface area contributed by atoms with E-state index in [2.05, 4.69) is 44.1 Å². The summed E-state index contributed by atoms with van der Waals surface area (Å²) < 4.78 is 4.50. The van der Waals surface area contributed by atoms with Crippen molar-refractivity contribution in [1.29, 1.82) is 0 Å². The summed E-state index contributed by atoms with van der Waals surface area (Å²) in [6.07, 6.45) is 0. The molecule has 0 spiro atoms. The molecule has 78 valence electrons. The van der Waals surface area contributed by atoms with E-state index in [4.69, 9.17) is 0 Å². The van der Waals surface area contributed by atoms with Gasteiger partial charge >= 0.3 is 5.97 Å². The number of nitrogens with one attached hydrogen (secondary N) is 1. The van der Waals surface area contributed by atoms with Gasteiger partial charge in [0.25, 0.3) is 0 Å². The van der Waals surface area contributed by atoms with E-state index >= 15 is 0 Å². The Balaban J connectivity index is 2.18. The first-order chi connectivity index (χ1) is 6.74. The third-order valence-electron chi connectivity index (χ3n) is 1.69. The molecule has 14 heavy (non-hydrogen) atoms. The lowest BCUT2D eigenvalue weighted by Crippen LogP contribution is -2.29. The van der Waals surface area contributed by atoms with E-state index in [9.17, 15) is 4.79 Å². The molecule has 0 saturated carbocycles. The van der Waals surface area contributed by atoms with Crippen LogP contribution in [-0.4, -0.2) is 23.5 Å². The first kappa shape index (κ1) is 11.9. The van der Waals surface area contributed by atoms with Crippen LogP contribution in [0.15, 0.2) is 16.8 Å². The zero-order chi connectivity index (χ0) is 10.4. The minimum Gasteiger partial charge on any atom is -0.468 e. The Labute approximate surface area is 101 Å². The number of rotatable bonds is 5. The van der Waals surface area contributed by atoms with Gasteiger partial charge in [0, 0.05) is 13.1 Å². The summed E-state index contributed by atoms with van der Waals surface area (Å²) in [7, 11) is 1.41. The number of hydrogen-bond acceptors (Lipinski definition) is 4. The molecule has 0 amide bonds. The molecule has 1 N–H and O–H groups in total. The maximum absolute atomic E-state index is 11.0. The second kappa shape index (κ2) is 6.36. The largest absolute Gasteiger partial charge is 0.468 e. The summed E-state index contributed by atoms with van der Waals surface area (Å²) >= 11 is 3.75. The van der Waals surface area contributed by atoms with Crippen LogP contribution < -0.4 is 5.32 Å². The van der Waals surface area contributed by atoms with E-state index in [0.29, 0.717) is 6.54 Å². The second-order valence-corrected chi connectivity index (χ2v) is 5.04. The van der Waals surface area contributed by atoms with Gasteiger partial charge in [-0.3, -0.25) is 4.79 Å². The van der Waals surface area contributed by atoms with Crippen molar-refractivity contribution in [3.63, 3.8) is 0 Å². The fourth-order valence-corrected chi connectivity index (χ4v) is 2.18. The molecule has 0 aromatic carbocycles. The molecule has 0 saturated heterocycles. The Bertz CT molecular complexity index is 276. The van der Waals surface area contributed by atoms with E-state index in [1.54, 1.807) is 11.3 Å². The van der Waals surface area contributed by atoms with Crippen LogP contribution in [-0.2, 0) is 16.1 Å². The summed E-state index contributed by atoms with van der Waals surface area (Å²) in [5.41, 5.74) is 1.25.